The van der Waals surface area contributed by atoms with Gasteiger partial charge in [0.1, 0.15) is 5.82 Å². The van der Waals surface area contributed by atoms with E-state index in [-0.39, 0.29) is 0 Å². The zero-order chi connectivity index (χ0) is 24.2. The number of fused-ring (bicyclic) bond motifs is 1. The number of imidazole rings is 1. The van der Waals surface area contributed by atoms with Crippen molar-refractivity contribution in [3.63, 3.8) is 0 Å². The monoisotopic (exact) mass is 457 g/mol. The quantitative estimate of drug-likeness (QED) is 0.254. The van der Waals surface area contributed by atoms with Crippen LogP contribution in [0.15, 0.2) is 104 Å². The van der Waals surface area contributed by atoms with E-state index < -0.39 is 0 Å². The Morgan fingerprint density at radius 3 is 2.31 bits per heavy atom. The maximum Gasteiger partial charge on any atom is 0.211 e. The molecule has 0 fully saturated rings. The Kier molecular flexibility index (Phi) is 6.27. The molecule has 0 spiro atoms. The summed E-state index contributed by atoms with van der Waals surface area (Å²) < 4.78 is 2.21. The van der Waals surface area contributed by atoms with Gasteiger partial charge in [-0.05, 0) is 53.4 Å². The lowest BCUT2D eigenvalue weighted by molar-refractivity contribution is -0.108. The first-order chi connectivity index (χ1) is 17.2. The predicted molar refractivity (Wildman–Crippen MR) is 144 cm³/mol. The molecule has 4 nitrogen and oxygen atoms in total. The maximum absolute atomic E-state index is 11.0. The van der Waals surface area contributed by atoms with Crippen molar-refractivity contribution in [2.45, 2.75) is 19.8 Å². The van der Waals surface area contributed by atoms with E-state index in [1.165, 1.54) is 5.56 Å². The van der Waals surface area contributed by atoms with E-state index in [2.05, 4.69) is 84.1 Å². The molecule has 0 aliphatic heterocycles. The van der Waals surface area contributed by atoms with Crippen LogP contribution in [0.4, 0.5) is 0 Å². The van der Waals surface area contributed by atoms with E-state index in [1.807, 2.05) is 36.4 Å². The minimum absolute atomic E-state index is 0.624. The van der Waals surface area contributed by atoms with Crippen LogP contribution in [-0.2, 0) is 11.2 Å². The molecule has 0 bridgehead atoms. The van der Waals surface area contributed by atoms with Crippen molar-refractivity contribution in [1.29, 1.82) is 0 Å². The molecule has 0 radical (unpaired) electrons. The molecule has 0 saturated carbocycles. The fourth-order valence-corrected chi connectivity index (χ4v) is 4.54. The third-order valence-electron chi connectivity index (χ3n) is 6.24. The van der Waals surface area contributed by atoms with Gasteiger partial charge in [0.2, 0.25) is 6.41 Å². The molecule has 0 aliphatic carbocycles. The van der Waals surface area contributed by atoms with Crippen LogP contribution in [0.5, 0.6) is 0 Å². The molecule has 1 N–H and O–H groups in total. The number of para-hydroxylation sites is 3. The summed E-state index contributed by atoms with van der Waals surface area (Å²) >= 11 is 0. The molecule has 5 rings (SSSR count). The third kappa shape index (κ3) is 4.38. The summed E-state index contributed by atoms with van der Waals surface area (Å²) in [5.41, 5.74) is 9.13. The number of amides is 1. The first kappa shape index (κ1) is 22.4. The van der Waals surface area contributed by atoms with E-state index in [0.717, 1.165) is 57.6 Å². The number of benzene rings is 4. The summed E-state index contributed by atoms with van der Waals surface area (Å²) in [6.45, 7) is 6.20. The van der Waals surface area contributed by atoms with Gasteiger partial charge in [0.05, 0.1) is 11.0 Å². The molecule has 4 heteroatoms. The van der Waals surface area contributed by atoms with Crippen molar-refractivity contribution < 1.29 is 4.79 Å². The fourth-order valence-electron chi connectivity index (χ4n) is 4.54. The zero-order valence-electron chi connectivity index (χ0n) is 19.7. The third-order valence-corrected chi connectivity index (χ3v) is 6.24. The summed E-state index contributed by atoms with van der Waals surface area (Å²) in [4.78, 5) is 16.0. The van der Waals surface area contributed by atoms with Crippen molar-refractivity contribution in [2.75, 3.05) is 0 Å². The van der Waals surface area contributed by atoms with E-state index in [9.17, 15) is 4.79 Å². The van der Waals surface area contributed by atoms with Gasteiger partial charge in [-0.25, -0.2) is 4.98 Å². The van der Waals surface area contributed by atoms with Crippen LogP contribution in [0, 0.1) is 0 Å². The first-order valence-corrected chi connectivity index (χ1v) is 11.9. The normalized spacial score (nSPS) is 10.9. The number of carbonyl (C=O) groups excluding carboxylic acids is 1. The second-order valence-electron chi connectivity index (χ2n) is 8.54. The zero-order valence-corrected chi connectivity index (χ0v) is 19.7. The van der Waals surface area contributed by atoms with Gasteiger partial charge in [-0.2, -0.15) is 0 Å². The second-order valence-corrected chi connectivity index (χ2v) is 8.54. The van der Waals surface area contributed by atoms with Crippen LogP contribution in [0.1, 0.15) is 24.5 Å². The Morgan fingerprint density at radius 1 is 0.886 bits per heavy atom. The fraction of sp³-hybridized carbons (Fsp3) is 0.0968. The molecule has 5 aromatic rings. The number of nitrogens with zero attached hydrogens (tertiary/aromatic N) is 2. The summed E-state index contributed by atoms with van der Waals surface area (Å²) in [6.07, 6.45) is 2.64. The van der Waals surface area contributed by atoms with Gasteiger partial charge < -0.3 is 5.32 Å². The minimum atomic E-state index is 0.624. The van der Waals surface area contributed by atoms with Crippen molar-refractivity contribution in [3.8, 4) is 28.2 Å². The molecule has 1 aromatic heterocycles. The highest BCUT2D eigenvalue weighted by atomic mass is 16.1. The van der Waals surface area contributed by atoms with Gasteiger partial charge in [-0.3, -0.25) is 9.36 Å². The first-order valence-electron chi connectivity index (χ1n) is 11.9. The lowest BCUT2D eigenvalue weighted by Crippen LogP contribution is -2.09. The van der Waals surface area contributed by atoms with Crippen molar-refractivity contribution in [1.82, 2.24) is 14.9 Å². The molecular weight excluding hydrogens is 430 g/mol. The summed E-state index contributed by atoms with van der Waals surface area (Å²) in [6, 6.07) is 33.4. The summed E-state index contributed by atoms with van der Waals surface area (Å²) in [5.74, 6) is 0.909. The molecule has 1 amide bonds. The van der Waals surface area contributed by atoms with Gasteiger partial charge in [-0.1, -0.05) is 86.7 Å². The maximum atomic E-state index is 11.0. The molecular formula is C31H27N3O. The highest BCUT2D eigenvalue weighted by molar-refractivity contribution is 5.84. The van der Waals surface area contributed by atoms with E-state index >= 15 is 0 Å². The topological polar surface area (TPSA) is 46.9 Å². The number of hydrogen-bond donors (Lipinski definition) is 1. The smallest absolute Gasteiger partial charge is 0.211 e. The molecule has 4 aromatic carbocycles. The number of aryl methyl sites for hydroxylation is 1. The largest absolute Gasteiger partial charge is 0.329 e. The van der Waals surface area contributed by atoms with Crippen molar-refractivity contribution >= 4 is 23.1 Å². The predicted octanol–water partition coefficient (Wildman–Crippen LogP) is 7.03. The van der Waals surface area contributed by atoms with Crippen molar-refractivity contribution in [2.24, 2.45) is 0 Å². The lowest BCUT2D eigenvalue weighted by Gasteiger charge is -2.14. The van der Waals surface area contributed by atoms with Crippen LogP contribution in [-0.4, -0.2) is 16.0 Å². The van der Waals surface area contributed by atoms with Gasteiger partial charge in [0.15, 0.2) is 0 Å². The van der Waals surface area contributed by atoms with E-state index in [0.29, 0.717) is 12.1 Å². The Morgan fingerprint density at radius 2 is 1.57 bits per heavy atom. The highest BCUT2D eigenvalue weighted by Gasteiger charge is 2.14. The van der Waals surface area contributed by atoms with Crippen LogP contribution in [0.3, 0.4) is 0 Å². The molecule has 172 valence electrons. The SMILES string of the molecule is C=C(NC=O)c1cc(-c2ccc(-c3nc4ccccc4n3-c3ccccc3)cc2)ccc1CCC. The number of rotatable bonds is 8. The average molecular weight is 458 g/mol. The number of hydrogen-bond acceptors (Lipinski definition) is 2. The molecule has 0 unspecified atom stereocenters. The van der Waals surface area contributed by atoms with E-state index in [1.54, 1.807) is 0 Å². The summed E-state index contributed by atoms with van der Waals surface area (Å²) in [7, 11) is 0. The number of aromatic nitrogens is 2. The minimum Gasteiger partial charge on any atom is -0.329 e. The number of carbonyl (C=O) groups is 1. The van der Waals surface area contributed by atoms with Crippen molar-refractivity contribution in [3.05, 3.63) is 115 Å². The molecule has 35 heavy (non-hydrogen) atoms. The summed E-state index contributed by atoms with van der Waals surface area (Å²) in [5, 5.41) is 2.72. The van der Waals surface area contributed by atoms with Crippen LogP contribution < -0.4 is 5.32 Å². The van der Waals surface area contributed by atoms with Gasteiger partial charge in [-0.15, -0.1) is 0 Å². The second kappa shape index (κ2) is 9.82. The van der Waals surface area contributed by atoms with Gasteiger partial charge >= 0.3 is 0 Å². The van der Waals surface area contributed by atoms with Crippen LogP contribution in [0.2, 0.25) is 0 Å². The molecule has 0 aliphatic rings. The lowest BCUT2D eigenvalue weighted by atomic mass is 9.95. The Hall–Kier alpha value is -4.44. The van der Waals surface area contributed by atoms with Gasteiger partial charge in [0.25, 0.3) is 0 Å². The standard InChI is InChI=1S/C31H27N3O/c1-3-9-24-16-19-26(20-28(24)22(2)32-21-35)23-14-17-25(18-15-23)31-33-29-12-7-8-13-30(29)34(31)27-10-5-4-6-11-27/h4-8,10-21H,2-3,9H2,1H3,(H,32,35). The number of nitrogens with one attached hydrogen (secondary N) is 1. The Labute approximate surface area is 205 Å². The van der Waals surface area contributed by atoms with Crippen LogP contribution in [0.25, 0.3) is 44.9 Å². The van der Waals surface area contributed by atoms with Gasteiger partial charge in [0, 0.05) is 22.5 Å². The van der Waals surface area contributed by atoms with E-state index in [4.69, 9.17) is 4.98 Å². The highest BCUT2D eigenvalue weighted by Crippen LogP contribution is 2.31. The molecule has 0 atom stereocenters. The molecule has 0 saturated heterocycles. The Bertz CT molecular complexity index is 1500. The van der Waals surface area contributed by atoms with Crippen LogP contribution >= 0.6 is 0 Å². The Balaban J connectivity index is 1.56. The average Bonchev–Trinajstić information content (AvgIpc) is 3.29. The molecule has 1 heterocycles.